The van der Waals surface area contributed by atoms with Crippen molar-refractivity contribution in [3.8, 4) is 11.3 Å². The molecule has 0 saturated carbocycles. The second-order valence-electron chi connectivity index (χ2n) is 4.62. The van der Waals surface area contributed by atoms with Crippen LogP contribution in [0.2, 0.25) is 0 Å². The third kappa shape index (κ3) is 2.13. The molecular weight excluding hydrogens is 290 g/mol. The summed E-state index contributed by atoms with van der Waals surface area (Å²) in [6.45, 7) is 1.78. The summed E-state index contributed by atoms with van der Waals surface area (Å²) in [5, 5.41) is 0. The second-order valence-corrected chi connectivity index (χ2v) is 6.24. The number of aromatic nitrogens is 2. The van der Waals surface area contributed by atoms with E-state index in [2.05, 4.69) is 14.4 Å². The molecule has 1 aliphatic heterocycles. The second kappa shape index (κ2) is 4.52. The first-order valence-electron chi connectivity index (χ1n) is 6.19. The monoisotopic (exact) mass is 303 g/mol. The maximum atomic E-state index is 11.8. The van der Waals surface area contributed by atoms with Gasteiger partial charge in [0.25, 0.3) is 0 Å². The topological polar surface area (TPSA) is 102 Å². The lowest BCUT2D eigenvalue weighted by atomic mass is 10.1. The minimum Gasteiger partial charge on any atom is -0.381 e. The predicted molar refractivity (Wildman–Crippen MR) is 80.3 cm³/mol. The van der Waals surface area contributed by atoms with Crippen LogP contribution in [0.4, 0.5) is 5.82 Å². The third-order valence-corrected chi connectivity index (χ3v) is 4.49. The molecule has 0 bridgehead atoms. The van der Waals surface area contributed by atoms with E-state index in [0.717, 1.165) is 9.87 Å². The van der Waals surface area contributed by atoms with Crippen LogP contribution in [0.3, 0.4) is 0 Å². The number of amidine groups is 1. The number of fused-ring (bicyclic) bond motifs is 1. The molecule has 0 amide bonds. The summed E-state index contributed by atoms with van der Waals surface area (Å²) >= 11 is 0. The fourth-order valence-electron chi connectivity index (χ4n) is 2.11. The Labute approximate surface area is 122 Å². The van der Waals surface area contributed by atoms with E-state index in [4.69, 9.17) is 5.73 Å². The van der Waals surface area contributed by atoms with Crippen molar-refractivity contribution in [2.75, 3.05) is 11.4 Å². The number of hydrogen-bond acceptors (Lipinski definition) is 5. The number of nitrogens with zero attached hydrogens (tertiary/aromatic N) is 4. The molecule has 0 radical (unpaired) electrons. The van der Waals surface area contributed by atoms with Crippen LogP contribution < -0.4 is 10.0 Å². The van der Waals surface area contributed by atoms with E-state index in [1.165, 1.54) is 7.05 Å². The van der Waals surface area contributed by atoms with E-state index in [1.54, 1.807) is 6.92 Å². The molecule has 21 heavy (non-hydrogen) atoms. The van der Waals surface area contributed by atoms with Crippen molar-refractivity contribution >= 4 is 21.9 Å². The van der Waals surface area contributed by atoms with Crippen molar-refractivity contribution < 1.29 is 8.42 Å². The quantitative estimate of drug-likeness (QED) is 0.841. The highest BCUT2D eigenvalue weighted by molar-refractivity contribution is 7.91. The first-order chi connectivity index (χ1) is 9.90. The van der Waals surface area contributed by atoms with Gasteiger partial charge in [-0.3, -0.25) is 0 Å². The fraction of sp³-hybridized carbons (Fsp3) is 0.154. The molecule has 3 rings (SSSR count). The van der Waals surface area contributed by atoms with Crippen molar-refractivity contribution in [1.82, 2.24) is 9.97 Å². The van der Waals surface area contributed by atoms with E-state index in [9.17, 15) is 8.42 Å². The summed E-state index contributed by atoms with van der Waals surface area (Å²) in [4.78, 5) is 8.80. The Balaban J connectivity index is 2.26. The van der Waals surface area contributed by atoms with Crippen molar-refractivity contribution in [2.24, 2.45) is 10.1 Å². The highest BCUT2D eigenvalue weighted by Gasteiger charge is 2.31. The summed E-state index contributed by atoms with van der Waals surface area (Å²) in [6, 6.07) is 9.49. The average molecular weight is 303 g/mol. The van der Waals surface area contributed by atoms with Gasteiger partial charge in [-0.05, 0) is 6.92 Å². The molecule has 108 valence electrons. The molecule has 2 N–H and O–H groups in total. The van der Waals surface area contributed by atoms with Gasteiger partial charge in [0.05, 0.1) is 11.4 Å². The van der Waals surface area contributed by atoms with E-state index < -0.39 is 10.2 Å². The zero-order valence-corrected chi connectivity index (χ0v) is 12.3. The maximum Gasteiger partial charge on any atom is 0.347 e. The molecule has 0 atom stereocenters. The van der Waals surface area contributed by atoms with Gasteiger partial charge in [-0.25, -0.2) is 14.3 Å². The normalized spacial score (nSPS) is 16.3. The number of nitrogens with two attached hydrogens (primary N) is 1. The molecular formula is C13H13N5O2S. The van der Waals surface area contributed by atoms with E-state index >= 15 is 0 Å². The van der Waals surface area contributed by atoms with Crippen LogP contribution >= 0.6 is 0 Å². The lowest BCUT2D eigenvalue weighted by molar-refractivity contribution is 0.595. The highest BCUT2D eigenvalue weighted by Crippen LogP contribution is 2.28. The van der Waals surface area contributed by atoms with Crippen molar-refractivity contribution in [2.45, 2.75) is 6.92 Å². The number of benzene rings is 1. The molecule has 0 saturated heterocycles. The van der Waals surface area contributed by atoms with Crippen molar-refractivity contribution in [1.29, 1.82) is 0 Å². The van der Waals surface area contributed by atoms with Crippen LogP contribution in [-0.2, 0) is 10.2 Å². The smallest absolute Gasteiger partial charge is 0.347 e. The Morgan fingerprint density at radius 1 is 1.10 bits per heavy atom. The van der Waals surface area contributed by atoms with Gasteiger partial charge in [0, 0.05) is 12.6 Å². The Hall–Kier alpha value is -2.48. The van der Waals surface area contributed by atoms with Gasteiger partial charge in [0.2, 0.25) is 0 Å². The number of rotatable bonds is 1. The standard InChI is InChI=1S/C13H13N5O2S/c1-8-10(9-6-4-3-5-7-9)16-11-12(14)17-21(19,20)18(2)13(11)15-8/h3-7H,1-2H3,(H2,14,17). The van der Waals surface area contributed by atoms with Crippen LogP contribution in [0.25, 0.3) is 11.3 Å². The Bertz CT molecular complexity index is 846. The summed E-state index contributed by atoms with van der Waals surface area (Å²) in [5.74, 6) is 0.0486. The summed E-state index contributed by atoms with van der Waals surface area (Å²) in [5.41, 5.74) is 8.16. The van der Waals surface area contributed by atoms with Crippen LogP contribution in [-0.4, -0.2) is 31.3 Å². The van der Waals surface area contributed by atoms with E-state index in [-0.39, 0.29) is 17.3 Å². The molecule has 1 aromatic heterocycles. The zero-order chi connectivity index (χ0) is 15.2. The zero-order valence-electron chi connectivity index (χ0n) is 11.5. The molecule has 7 nitrogen and oxygen atoms in total. The maximum absolute atomic E-state index is 11.8. The van der Waals surface area contributed by atoms with E-state index in [0.29, 0.717) is 11.4 Å². The van der Waals surface area contributed by atoms with Gasteiger partial charge in [-0.2, -0.15) is 8.42 Å². The number of anilines is 1. The molecule has 0 aliphatic carbocycles. The van der Waals surface area contributed by atoms with Gasteiger partial charge in [-0.1, -0.05) is 30.3 Å². The van der Waals surface area contributed by atoms with Gasteiger partial charge in [0.15, 0.2) is 17.3 Å². The summed E-state index contributed by atoms with van der Waals surface area (Å²) in [6.07, 6.45) is 0. The highest BCUT2D eigenvalue weighted by atomic mass is 32.2. The molecule has 2 aromatic rings. The van der Waals surface area contributed by atoms with Crippen LogP contribution in [0, 0.1) is 6.92 Å². The Morgan fingerprint density at radius 3 is 2.43 bits per heavy atom. The molecule has 1 aliphatic rings. The van der Waals surface area contributed by atoms with Gasteiger partial charge >= 0.3 is 10.2 Å². The number of aryl methyl sites for hydroxylation is 1. The van der Waals surface area contributed by atoms with Gasteiger partial charge in [-0.15, -0.1) is 4.40 Å². The summed E-state index contributed by atoms with van der Waals surface area (Å²) < 4.78 is 28.1. The van der Waals surface area contributed by atoms with Crippen molar-refractivity contribution in [3.63, 3.8) is 0 Å². The minimum absolute atomic E-state index is 0.146. The first kappa shape index (κ1) is 13.5. The van der Waals surface area contributed by atoms with Crippen LogP contribution in [0.1, 0.15) is 11.4 Å². The molecule has 1 aromatic carbocycles. The predicted octanol–water partition coefficient (Wildman–Crippen LogP) is 0.852. The molecule has 0 unspecified atom stereocenters. The van der Waals surface area contributed by atoms with E-state index in [1.807, 2.05) is 30.3 Å². The van der Waals surface area contributed by atoms with Gasteiger partial charge < -0.3 is 5.73 Å². The molecule has 0 fully saturated rings. The average Bonchev–Trinajstić information content (AvgIpc) is 2.45. The third-order valence-electron chi connectivity index (χ3n) is 3.20. The first-order valence-corrected chi connectivity index (χ1v) is 7.58. The fourth-order valence-corrected chi connectivity index (χ4v) is 2.91. The minimum atomic E-state index is -3.82. The van der Waals surface area contributed by atoms with Gasteiger partial charge in [0.1, 0.15) is 0 Å². The molecule has 8 heteroatoms. The van der Waals surface area contributed by atoms with Crippen LogP contribution in [0.15, 0.2) is 34.7 Å². The lowest BCUT2D eigenvalue weighted by Crippen LogP contribution is -2.36. The Kier molecular flexibility index (Phi) is 2.91. The lowest BCUT2D eigenvalue weighted by Gasteiger charge is -2.23. The Morgan fingerprint density at radius 2 is 1.76 bits per heavy atom. The largest absolute Gasteiger partial charge is 0.381 e. The molecule has 2 heterocycles. The van der Waals surface area contributed by atoms with Crippen LogP contribution in [0.5, 0.6) is 0 Å². The summed E-state index contributed by atoms with van der Waals surface area (Å²) in [7, 11) is -2.45. The SMILES string of the molecule is Cc1nc2c(nc1-c1ccccc1)C(N)=NS(=O)(=O)N2C. The number of hydrogen-bond donors (Lipinski definition) is 1. The molecule has 0 spiro atoms. The van der Waals surface area contributed by atoms with Crippen molar-refractivity contribution in [3.05, 3.63) is 41.7 Å².